The average molecular weight is 903 g/mol. The Kier molecular flexibility index (Phi) is 50.0. The van der Waals surface area contributed by atoms with E-state index in [1.165, 1.54) is 89.9 Å². The third-order valence-corrected chi connectivity index (χ3v) is 11.1. The lowest BCUT2D eigenvalue weighted by Gasteiger charge is -2.18. The van der Waals surface area contributed by atoms with E-state index in [0.29, 0.717) is 19.3 Å². The number of hydrogen-bond donors (Lipinski definition) is 0. The Morgan fingerprint density at radius 2 is 0.615 bits per heavy atom. The SMILES string of the molecule is CC/C=C\C/C=C\C/C=C\C/C=C\C/C=C\CCCC(=O)OCC(COC(=O)CCCCCCCCCCCCCCC)OC(=O)CCCCCCCCC/C=C\C/C=C\C/C=C\CC. The van der Waals surface area contributed by atoms with Crippen molar-refractivity contribution in [2.24, 2.45) is 0 Å². The van der Waals surface area contributed by atoms with Crippen molar-refractivity contribution in [2.45, 2.75) is 245 Å². The number of allylic oxidation sites excluding steroid dienone is 16. The monoisotopic (exact) mass is 903 g/mol. The fourth-order valence-electron chi connectivity index (χ4n) is 7.14. The van der Waals surface area contributed by atoms with E-state index in [4.69, 9.17) is 14.2 Å². The van der Waals surface area contributed by atoms with Crippen LogP contribution in [0.5, 0.6) is 0 Å². The number of carbonyl (C=O) groups excluding carboxylic acids is 3. The standard InChI is InChI=1S/C59H98O6/c1-4-7-10-13-16-19-22-25-27-29-31-34-37-40-43-46-49-52-58(61)64-55-56(54-63-57(60)51-48-45-42-39-36-33-24-21-18-15-12-9-6-3)65-59(62)53-50-47-44-41-38-35-32-30-28-26-23-20-17-14-11-8-5-2/h7-8,10-11,16-17,19-20,25-28,31,34,40,43,56H,4-6,9,12-15,18,21-24,29-30,32-33,35-39,41-42,44-55H2,1-3H3/b10-7-,11-8-,19-16-,20-17-,27-25-,28-26-,34-31-,43-40-. The van der Waals surface area contributed by atoms with Crippen LogP contribution < -0.4 is 0 Å². The molecular weight excluding hydrogens is 805 g/mol. The van der Waals surface area contributed by atoms with Crippen LogP contribution in [0.2, 0.25) is 0 Å². The topological polar surface area (TPSA) is 78.9 Å². The molecule has 370 valence electrons. The van der Waals surface area contributed by atoms with Gasteiger partial charge in [-0.25, -0.2) is 0 Å². The van der Waals surface area contributed by atoms with Crippen LogP contribution in [-0.4, -0.2) is 37.2 Å². The zero-order valence-corrected chi connectivity index (χ0v) is 42.2. The van der Waals surface area contributed by atoms with Gasteiger partial charge in [-0.15, -0.1) is 0 Å². The molecule has 0 aliphatic rings. The maximum Gasteiger partial charge on any atom is 0.306 e. The van der Waals surface area contributed by atoms with E-state index in [2.05, 4.69) is 118 Å². The molecule has 0 heterocycles. The van der Waals surface area contributed by atoms with Crippen molar-refractivity contribution >= 4 is 17.9 Å². The van der Waals surface area contributed by atoms with E-state index in [-0.39, 0.29) is 37.5 Å². The molecule has 0 saturated heterocycles. The van der Waals surface area contributed by atoms with Gasteiger partial charge in [-0.1, -0.05) is 227 Å². The number of unbranched alkanes of at least 4 members (excludes halogenated alkanes) is 20. The number of hydrogen-bond acceptors (Lipinski definition) is 6. The molecule has 0 saturated carbocycles. The van der Waals surface area contributed by atoms with Gasteiger partial charge in [0.05, 0.1) is 0 Å². The minimum absolute atomic E-state index is 0.0983. The van der Waals surface area contributed by atoms with Gasteiger partial charge in [-0.3, -0.25) is 14.4 Å². The van der Waals surface area contributed by atoms with Crippen LogP contribution in [0.3, 0.4) is 0 Å². The molecule has 0 fully saturated rings. The van der Waals surface area contributed by atoms with Gasteiger partial charge in [0.2, 0.25) is 0 Å². The van der Waals surface area contributed by atoms with E-state index >= 15 is 0 Å². The van der Waals surface area contributed by atoms with Gasteiger partial charge < -0.3 is 14.2 Å². The lowest BCUT2D eigenvalue weighted by molar-refractivity contribution is -0.167. The molecule has 0 aromatic rings. The van der Waals surface area contributed by atoms with E-state index in [1.54, 1.807) is 0 Å². The van der Waals surface area contributed by atoms with Gasteiger partial charge in [0.15, 0.2) is 6.10 Å². The van der Waals surface area contributed by atoms with Crippen molar-refractivity contribution in [3.8, 4) is 0 Å². The van der Waals surface area contributed by atoms with Crippen LogP contribution in [0, 0.1) is 0 Å². The molecule has 0 spiro atoms. The summed E-state index contributed by atoms with van der Waals surface area (Å²) in [7, 11) is 0. The van der Waals surface area contributed by atoms with Crippen molar-refractivity contribution in [3.05, 3.63) is 97.2 Å². The fraction of sp³-hybridized carbons (Fsp3) is 0.678. The highest BCUT2D eigenvalue weighted by Crippen LogP contribution is 2.15. The zero-order valence-electron chi connectivity index (χ0n) is 42.2. The molecule has 6 heteroatoms. The number of ether oxygens (including phenoxy) is 3. The van der Waals surface area contributed by atoms with E-state index in [0.717, 1.165) is 103 Å². The number of esters is 3. The Balaban J connectivity index is 4.49. The van der Waals surface area contributed by atoms with Gasteiger partial charge in [-0.05, 0) is 89.9 Å². The highest BCUT2D eigenvalue weighted by molar-refractivity contribution is 5.71. The summed E-state index contributed by atoms with van der Waals surface area (Å²) >= 11 is 0. The molecule has 0 aromatic heterocycles. The number of rotatable bonds is 47. The predicted octanol–water partition coefficient (Wildman–Crippen LogP) is 17.8. The molecule has 0 bridgehead atoms. The molecule has 6 nitrogen and oxygen atoms in total. The first kappa shape index (κ1) is 61.3. The van der Waals surface area contributed by atoms with Gasteiger partial charge in [0.25, 0.3) is 0 Å². The average Bonchev–Trinajstić information content (AvgIpc) is 3.30. The molecular formula is C59H98O6. The van der Waals surface area contributed by atoms with Gasteiger partial charge >= 0.3 is 17.9 Å². The lowest BCUT2D eigenvalue weighted by Crippen LogP contribution is -2.30. The first-order valence-electron chi connectivity index (χ1n) is 26.7. The molecule has 0 aliphatic carbocycles. The van der Waals surface area contributed by atoms with Crippen LogP contribution in [-0.2, 0) is 28.6 Å². The molecule has 1 unspecified atom stereocenters. The van der Waals surface area contributed by atoms with Crippen LogP contribution in [0.1, 0.15) is 239 Å². The zero-order chi connectivity index (χ0) is 47.2. The van der Waals surface area contributed by atoms with Gasteiger partial charge in [0.1, 0.15) is 13.2 Å². The van der Waals surface area contributed by atoms with E-state index < -0.39 is 6.10 Å². The molecule has 0 amide bonds. The normalized spacial score (nSPS) is 12.8. The Morgan fingerprint density at radius 1 is 0.323 bits per heavy atom. The Labute approximate surface area is 400 Å². The molecule has 65 heavy (non-hydrogen) atoms. The highest BCUT2D eigenvalue weighted by Gasteiger charge is 2.19. The number of carbonyl (C=O) groups is 3. The Hall–Kier alpha value is -3.67. The molecule has 1 atom stereocenters. The molecule has 0 aromatic carbocycles. The van der Waals surface area contributed by atoms with Crippen LogP contribution in [0.15, 0.2) is 97.2 Å². The van der Waals surface area contributed by atoms with Gasteiger partial charge in [0, 0.05) is 19.3 Å². The van der Waals surface area contributed by atoms with E-state index in [9.17, 15) is 14.4 Å². The first-order chi connectivity index (χ1) is 32.0. The second-order valence-corrected chi connectivity index (χ2v) is 17.4. The first-order valence-corrected chi connectivity index (χ1v) is 26.7. The summed E-state index contributed by atoms with van der Waals surface area (Å²) < 4.78 is 16.8. The minimum atomic E-state index is -0.805. The van der Waals surface area contributed by atoms with Crippen molar-refractivity contribution < 1.29 is 28.6 Å². The van der Waals surface area contributed by atoms with E-state index in [1.807, 2.05) is 0 Å². The largest absolute Gasteiger partial charge is 0.462 e. The van der Waals surface area contributed by atoms with Crippen molar-refractivity contribution in [1.29, 1.82) is 0 Å². The summed E-state index contributed by atoms with van der Waals surface area (Å²) in [6.07, 6.45) is 69.6. The van der Waals surface area contributed by atoms with Crippen molar-refractivity contribution in [3.63, 3.8) is 0 Å². The van der Waals surface area contributed by atoms with Crippen molar-refractivity contribution in [1.82, 2.24) is 0 Å². The van der Waals surface area contributed by atoms with Crippen LogP contribution in [0.4, 0.5) is 0 Å². The highest BCUT2D eigenvalue weighted by atomic mass is 16.6. The molecule has 0 rings (SSSR count). The summed E-state index contributed by atoms with van der Waals surface area (Å²) in [5, 5.41) is 0. The molecule has 0 aliphatic heterocycles. The Bertz CT molecular complexity index is 1310. The maximum absolute atomic E-state index is 12.8. The second-order valence-electron chi connectivity index (χ2n) is 17.4. The lowest BCUT2D eigenvalue weighted by atomic mass is 10.0. The third-order valence-electron chi connectivity index (χ3n) is 11.1. The summed E-state index contributed by atoms with van der Waals surface area (Å²) in [6.45, 7) is 6.36. The summed E-state index contributed by atoms with van der Waals surface area (Å²) in [4.78, 5) is 38.0. The summed E-state index contributed by atoms with van der Waals surface area (Å²) in [6, 6.07) is 0. The second kappa shape index (κ2) is 52.9. The third kappa shape index (κ3) is 51.2. The molecule has 0 radical (unpaired) electrons. The van der Waals surface area contributed by atoms with Gasteiger partial charge in [-0.2, -0.15) is 0 Å². The minimum Gasteiger partial charge on any atom is -0.462 e. The van der Waals surface area contributed by atoms with Crippen molar-refractivity contribution in [2.75, 3.05) is 13.2 Å². The smallest absolute Gasteiger partial charge is 0.306 e. The molecule has 0 N–H and O–H groups in total. The maximum atomic E-state index is 12.8. The van der Waals surface area contributed by atoms with Crippen LogP contribution in [0.25, 0.3) is 0 Å². The van der Waals surface area contributed by atoms with Crippen LogP contribution >= 0.6 is 0 Å². The predicted molar refractivity (Wildman–Crippen MR) is 279 cm³/mol. The fourth-order valence-corrected chi connectivity index (χ4v) is 7.14. The summed E-state index contributed by atoms with van der Waals surface area (Å²) in [5.74, 6) is -0.969. The Morgan fingerprint density at radius 3 is 1.00 bits per heavy atom. The quantitative estimate of drug-likeness (QED) is 0.0262. The summed E-state index contributed by atoms with van der Waals surface area (Å²) in [5.41, 5.74) is 0.